The van der Waals surface area contributed by atoms with Gasteiger partial charge in [0.1, 0.15) is 12.4 Å². The standard InChI is InChI=1S/C21H34O4/c1-6-9-17(7-2)18-10-12-19(13-11-18)24-15-14-23-16-25-20(22)21(4,5)8-3/h10-13,17H,6-9,14-16H2,1-5H3. The predicted octanol–water partition coefficient (Wildman–Crippen LogP) is 5.31. The topological polar surface area (TPSA) is 44.8 Å². The fourth-order valence-corrected chi connectivity index (χ4v) is 2.50. The molecule has 0 N–H and O–H groups in total. The second kappa shape index (κ2) is 11.1. The van der Waals surface area contributed by atoms with Crippen LogP contribution in [0.25, 0.3) is 0 Å². The summed E-state index contributed by atoms with van der Waals surface area (Å²) in [6.45, 7) is 10.9. The van der Waals surface area contributed by atoms with Crippen molar-refractivity contribution in [2.24, 2.45) is 5.41 Å². The van der Waals surface area contributed by atoms with E-state index in [1.165, 1.54) is 18.4 Å². The highest BCUT2D eigenvalue weighted by molar-refractivity contribution is 5.75. The van der Waals surface area contributed by atoms with Gasteiger partial charge in [0.15, 0.2) is 6.79 Å². The lowest BCUT2D eigenvalue weighted by Crippen LogP contribution is -2.26. The van der Waals surface area contributed by atoms with Crippen LogP contribution in [-0.2, 0) is 14.3 Å². The molecule has 0 bridgehead atoms. The van der Waals surface area contributed by atoms with Crippen molar-refractivity contribution in [1.82, 2.24) is 0 Å². The zero-order chi connectivity index (χ0) is 18.7. The molecule has 0 aliphatic rings. The van der Waals surface area contributed by atoms with E-state index in [-0.39, 0.29) is 12.8 Å². The summed E-state index contributed by atoms with van der Waals surface area (Å²) >= 11 is 0. The molecule has 1 atom stereocenters. The Bertz CT molecular complexity index is 493. The summed E-state index contributed by atoms with van der Waals surface area (Å²) in [6, 6.07) is 8.32. The molecule has 0 radical (unpaired) electrons. The third-order valence-corrected chi connectivity index (χ3v) is 4.69. The van der Waals surface area contributed by atoms with E-state index in [2.05, 4.69) is 26.0 Å². The van der Waals surface area contributed by atoms with E-state index < -0.39 is 5.41 Å². The van der Waals surface area contributed by atoms with E-state index in [9.17, 15) is 4.79 Å². The van der Waals surface area contributed by atoms with Crippen LogP contribution in [0.2, 0.25) is 0 Å². The van der Waals surface area contributed by atoms with Crippen molar-refractivity contribution in [3.05, 3.63) is 29.8 Å². The van der Waals surface area contributed by atoms with Crippen molar-refractivity contribution >= 4 is 5.97 Å². The molecule has 0 aliphatic heterocycles. The third kappa shape index (κ3) is 7.47. The zero-order valence-corrected chi connectivity index (χ0v) is 16.5. The van der Waals surface area contributed by atoms with Gasteiger partial charge in [0.05, 0.1) is 12.0 Å². The Morgan fingerprint density at radius 3 is 2.32 bits per heavy atom. The first-order chi connectivity index (χ1) is 11.9. The molecule has 1 aromatic carbocycles. The van der Waals surface area contributed by atoms with Crippen molar-refractivity contribution in [3.8, 4) is 5.75 Å². The van der Waals surface area contributed by atoms with E-state index in [0.29, 0.717) is 19.1 Å². The lowest BCUT2D eigenvalue weighted by molar-refractivity contribution is -0.167. The quantitative estimate of drug-likeness (QED) is 0.291. The average Bonchev–Trinajstić information content (AvgIpc) is 2.62. The minimum absolute atomic E-state index is 0.0280. The molecule has 1 unspecified atom stereocenters. The molecule has 0 spiro atoms. The maximum absolute atomic E-state index is 11.8. The number of carbonyl (C=O) groups excluding carboxylic acids is 1. The first-order valence-corrected chi connectivity index (χ1v) is 9.42. The Kier molecular flexibility index (Phi) is 9.58. The first-order valence-electron chi connectivity index (χ1n) is 9.42. The lowest BCUT2D eigenvalue weighted by atomic mass is 9.91. The highest BCUT2D eigenvalue weighted by Gasteiger charge is 2.26. The maximum atomic E-state index is 11.8. The summed E-state index contributed by atoms with van der Waals surface area (Å²) in [5.74, 6) is 1.23. The summed E-state index contributed by atoms with van der Waals surface area (Å²) in [6.07, 6.45) is 4.32. The molecular weight excluding hydrogens is 316 g/mol. The van der Waals surface area contributed by atoms with Crippen molar-refractivity contribution in [3.63, 3.8) is 0 Å². The van der Waals surface area contributed by atoms with Gasteiger partial charge in [-0.3, -0.25) is 4.79 Å². The van der Waals surface area contributed by atoms with Crippen molar-refractivity contribution < 1.29 is 19.0 Å². The summed E-state index contributed by atoms with van der Waals surface area (Å²) in [5.41, 5.74) is 0.911. The monoisotopic (exact) mass is 350 g/mol. The summed E-state index contributed by atoms with van der Waals surface area (Å²) in [4.78, 5) is 11.8. The molecule has 0 saturated carbocycles. The number of ether oxygens (including phenoxy) is 3. The van der Waals surface area contributed by atoms with Crippen LogP contribution >= 0.6 is 0 Å². The Hall–Kier alpha value is -1.55. The SMILES string of the molecule is CCCC(CC)c1ccc(OCCOCOC(=O)C(C)(C)CC)cc1. The van der Waals surface area contributed by atoms with Crippen LogP contribution in [0.1, 0.15) is 71.8 Å². The highest BCUT2D eigenvalue weighted by Crippen LogP contribution is 2.26. The second-order valence-corrected chi connectivity index (χ2v) is 7.01. The highest BCUT2D eigenvalue weighted by atomic mass is 16.7. The Morgan fingerprint density at radius 1 is 1.08 bits per heavy atom. The molecule has 0 aromatic heterocycles. The van der Waals surface area contributed by atoms with Gasteiger partial charge < -0.3 is 14.2 Å². The van der Waals surface area contributed by atoms with Crippen LogP contribution in [0.4, 0.5) is 0 Å². The lowest BCUT2D eigenvalue weighted by Gasteiger charge is -2.20. The fraction of sp³-hybridized carbons (Fsp3) is 0.667. The van der Waals surface area contributed by atoms with Gasteiger partial charge in [-0.1, -0.05) is 39.3 Å². The van der Waals surface area contributed by atoms with E-state index in [0.717, 1.165) is 18.6 Å². The third-order valence-electron chi connectivity index (χ3n) is 4.69. The fourth-order valence-electron chi connectivity index (χ4n) is 2.50. The number of carbonyl (C=O) groups is 1. The van der Waals surface area contributed by atoms with Crippen LogP contribution in [0.15, 0.2) is 24.3 Å². The Labute approximate surface area is 152 Å². The Balaban J connectivity index is 2.25. The number of esters is 1. The van der Waals surface area contributed by atoms with Crippen molar-refractivity contribution in [2.75, 3.05) is 20.0 Å². The molecule has 4 nitrogen and oxygen atoms in total. The largest absolute Gasteiger partial charge is 0.491 e. The van der Waals surface area contributed by atoms with Crippen molar-refractivity contribution in [1.29, 1.82) is 0 Å². The van der Waals surface area contributed by atoms with E-state index in [1.807, 2.05) is 32.9 Å². The van der Waals surface area contributed by atoms with Gasteiger partial charge in [0.2, 0.25) is 0 Å². The summed E-state index contributed by atoms with van der Waals surface area (Å²) < 4.78 is 16.1. The normalized spacial score (nSPS) is 12.7. The van der Waals surface area contributed by atoms with Crippen LogP contribution in [0.3, 0.4) is 0 Å². The Morgan fingerprint density at radius 2 is 1.76 bits per heavy atom. The zero-order valence-electron chi connectivity index (χ0n) is 16.5. The molecule has 0 saturated heterocycles. The van der Waals surface area contributed by atoms with E-state index >= 15 is 0 Å². The maximum Gasteiger partial charge on any atom is 0.313 e. The molecule has 142 valence electrons. The first kappa shape index (κ1) is 21.5. The molecule has 1 aromatic rings. The number of hydrogen-bond acceptors (Lipinski definition) is 4. The van der Waals surface area contributed by atoms with E-state index in [4.69, 9.17) is 14.2 Å². The smallest absolute Gasteiger partial charge is 0.313 e. The predicted molar refractivity (Wildman–Crippen MR) is 101 cm³/mol. The van der Waals surface area contributed by atoms with Gasteiger partial charge in [-0.05, 0) is 56.7 Å². The van der Waals surface area contributed by atoms with E-state index in [1.54, 1.807) is 0 Å². The van der Waals surface area contributed by atoms with Gasteiger partial charge in [-0.15, -0.1) is 0 Å². The number of hydrogen-bond donors (Lipinski definition) is 0. The molecule has 0 heterocycles. The van der Waals surface area contributed by atoms with Crippen LogP contribution < -0.4 is 4.74 Å². The van der Waals surface area contributed by atoms with Crippen molar-refractivity contribution in [2.45, 2.75) is 66.2 Å². The van der Waals surface area contributed by atoms with Gasteiger partial charge in [0.25, 0.3) is 0 Å². The molecule has 1 rings (SSSR count). The van der Waals surface area contributed by atoms with Gasteiger partial charge in [-0.25, -0.2) is 0 Å². The van der Waals surface area contributed by atoms with Gasteiger partial charge in [0, 0.05) is 0 Å². The van der Waals surface area contributed by atoms with Crippen LogP contribution in [-0.4, -0.2) is 26.0 Å². The van der Waals surface area contributed by atoms with Gasteiger partial charge in [-0.2, -0.15) is 0 Å². The second-order valence-electron chi connectivity index (χ2n) is 7.01. The van der Waals surface area contributed by atoms with Crippen LogP contribution in [0.5, 0.6) is 5.75 Å². The van der Waals surface area contributed by atoms with Crippen LogP contribution in [0, 0.1) is 5.41 Å². The number of benzene rings is 1. The number of rotatable bonds is 12. The summed E-state index contributed by atoms with van der Waals surface area (Å²) in [7, 11) is 0. The minimum atomic E-state index is -0.463. The molecule has 0 aliphatic carbocycles. The molecule has 4 heteroatoms. The van der Waals surface area contributed by atoms with Gasteiger partial charge >= 0.3 is 5.97 Å². The average molecular weight is 350 g/mol. The summed E-state index contributed by atoms with van der Waals surface area (Å²) in [5, 5.41) is 0. The molecular formula is C21H34O4. The molecule has 0 amide bonds. The molecule has 0 fully saturated rings. The molecule has 25 heavy (non-hydrogen) atoms. The minimum Gasteiger partial charge on any atom is -0.491 e.